The highest BCUT2D eigenvalue weighted by atomic mass is 31.1. The van der Waals surface area contributed by atoms with Crippen LogP contribution in [0, 0.1) is 0 Å². The van der Waals surface area contributed by atoms with E-state index in [0.717, 1.165) is 69.6 Å². The molecule has 2 aromatic heterocycles. The summed E-state index contributed by atoms with van der Waals surface area (Å²) >= 11 is 0. The lowest BCUT2D eigenvalue weighted by atomic mass is 9.77. The molecule has 0 aliphatic heterocycles. The van der Waals surface area contributed by atoms with Gasteiger partial charge in [-0.15, -0.1) is 0 Å². The minimum Gasteiger partial charge on any atom is -0.399 e. The van der Waals surface area contributed by atoms with Crippen LogP contribution in [0.3, 0.4) is 0 Å². The first-order valence-electron chi connectivity index (χ1n) is 26.1. The third kappa shape index (κ3) is 12.7. The number of benzene rings is 4. The van der Waals surface area contributed by atoms with Crippen LogP contribution in [0.2, 0.25) is 0 Å². The van der Waals surface area contributed by atoms with E-state index >= 15 is 0 Å². The van der Waals surface area contributed by atoms with Crippen LogP contribution in [-0.4, -0.2) is 13.2 Å². The predicted octanol–water partition coefficient (Wildman–Crippen LogP) is 20.4. The van der Waals surface area contributed by atoms with E-state index in [2.05, 4.69) is 215 Å². The van der Waals surface area contributed by atoms with Crippen molar-refractivity contribution < 1.29 is 25.8 Å². The van der Waals surface area contributed by atoms with Crippen molar-refractivity contribution in [3.8, 4) is 0 Å². The second-order valence-corrected chi connectivity index (χ2v) is 30.6. The van der Waals surface area contributed by atoms with Crippen molar-refractivity contribution in [1.82, 2.24) is 0 Å². The van der Waals surface area contributed by atoms with Crippen molar-refractivity contribution in [2.45, 2.75) is 235 Å². The molecule has 6 aromatic rings. The molecule has 0 spiro atoms. The summed E-state index contributed by atoms with van der Waals surface area (Å²) in [6.45, 7) is 55.8. The van der Waals surface area contributed by atoms with E-state index in [1.54, 1.807) is 0 Å². The summed E-state index contributed by atoms with van der Waals surface area (Å²) in [7, 11) is -3.50. The summed E-state index contributed by atoms with van der Waals surface area (Å²) in [5, 5.41) is 4.34. The second kappa shape index (κ2) is 19.5. The van der Waals surface area contributed by atoms with E-state index in [4.69, 9.17) is 25.8 Å². The van der Waals surface area contributed by atoms with Gasteiger partial charge in [-0.2, -0.15) is 0 Å². The van der Waals surface area contributed by atoms with Gasteiger partial charge in [-0.1, -0.05) is 203 Å². The third-order valence-electron chi connectivity index (χ3n) is 13.7. The summed E-state index contributed by atoms with van der Waals surface area (Å²) in [6.07, 6.45) is 3.69. The molecular formula is C62H92O6P2. The fraction of sp³-hybridized carbons (Fsp3) is 0.613. The van der Waals surface area contributed by atoms with Crippen LogP contribution < -0.4 is 9.05 Å². The summed E-state index contributed by atoms with van der Waals surface area (Å²) < 4.78 is 41.4. The van der Waals surface area contributed by atoms with Crippen LogP contribution in [0.25, 0.3) is 43.9 Å². The highest BCUT2D eigenvalue weighted by molar-refractivity contribution is 7.32. The Morgan fingerprint density at radius 2 is 0.486 bits per heavy atom. The van der Waals surface area contributed by atoms with E-state index < -0.39 is 16.5 Å². The SMILES string of the molecule is CC(C)(C)c1cc(C(C)(C)C)c2op(OCCCCCCOp3oc4c(C(C)(C)C)cc(C(C)(C)C)cc4c4cc(C(C)(C)C)cc(C(C)(C)C)c4o3)oc3c(C(C)(C)C)cc(C(C)(C)C)cc3c2c1. The monoisotopic (exact) mass is 995 g/mol. The highest BCUT2D eigenvalue weighted by Gasteiger charge is 2.31. The van der Waals surface area contributed by atoms with Gasteiger partial charge in [0.05, 0.1) is 13.2 Å². The molecule has 0 unspecified atom stereocenters. The molecule has 8 heteroatoms. The molecule has 0 N–H and O–H groups in total. The molecule has 0 radical (unpaired) electrons. The molecule has 70 heavy (non-hydrogen) atoms. The first kappa shape index (κ1) is 55.9. The smallest absolute Gasteiger partial charge is 0.387 e. The maximum absolute atomic E-state index is 7.01. The maximum atomic E-state index is 7.01. The number of unbranched alkanes of at least 4 members (excludes halogenated alkanes) is 3. The average Bonchev–Trinajstić information content (AvgIpc) is 3.44. The summed E-state index contributed by atoms with van der Waals surface area (Å²) in [5.74, 6) is 0. The van der Waals surface area contributed by atoms with Crippen molar-refractivity contribution in [3.63, 3.8) is 0 Å². The Kier molecular flexibility index (Phi) is 15.5. The van der Waals surface area contributed by atoms with E-state index in [9.17, 15) is 0 Å². The van der Waals surface area contributed by atoms with Gasteiger partial charge in [-0.05, 0) is 103 Å². The van der Waals surface area contributed by atoms with Crippen molar-refractivity contribution in [2.75, 3.05) is 13.2 Å². The first-order chi connectivity index (χ1) is 31.8. The summed E-state index contributed by atoms with van der Waals surface area (Å²) in [6, 6.07) is 18.8. The molecule has 0 amide bonds. The van der Waals surface area contributed by atoms with Crippen molar-refractivity contribution in [2.24, 2.45) is 0 Å². The molecule has 0 saturated carbocycles. The van der Waals surface area contributed by atoms with Crippen LogP contribution in [0.4, 0.5) is 0 Å². The van der Waals surface area contributed by atoms with Gasteiger partial charge in [0.15, 0.2) is 0 Å². The van der Waals surface area contributed by atoms with Crippen molar-refractivity contribution in [1.29, 1.82) is 0 Å². The quantitative estimate of drug-likeness (QED) is 0.134. The number of fused-ring (bicyclic) bond motifs is 6. The molecule has 0 saturated heterocycles. The van der Waals surface area contributed by atoms with Gasteiger partial charge in [-0.25, -0.2) is 0 Å². The molecule has 0 bridgehead atoms. The zero-order valence-electron chi connectivity index (χ0n) is 48.2. The van der Waals surface area contributed by atoms with Gasteiger partial charge in [-0.3, -0.25) is 9.05 Å². The van der Waals surface area contributed by atoms with Crippen molar-refractivity contribution >= 4 is 60.4 Å². The van der Waals surface area contributed by atoms with Gasteiger partial charge in [0, 0.05) is 43.8 Å². The second-order valence-electron chi connectivity index (χ2n) is 28.5. The summed E-state index contributed by atoms with van der Waals surface area (Å²) in [4.78, 5) is 0. The largest absolute Gasteiger partial charge is 0.399 e. The lowest BCUT2D eigenvalue weighted by molar-refractivity contribution is 0.337. The lowest BCUT2D eigenvalue weighted by Crippen LogP contribution is -2.17. The molecule has 0 fully saturated rings. The minimum atomic E-state index is -1.75. The van der Waals surface area contributed by atoms with E-state index in [0.29, 0.717) is 13.2 Å². The van der Waals surface area contributed by atoms with Gasteiger partial charge < -0.3 is 16.8 Å². The Bertz CT molecular complexity index is 2550. The molecule has 0 aliphatic carbocycles. The number of hydrogen-bond donors (Lipinski definition) is 0. The Labute approximate surface area is 425 Å². The predicted molar refractivity (Wildman–Crippen MR) is 304 cm³/mol. The van der Waals surface area contributed by atoms with Gasteiger partial charge >= 0.3 is 16.5 Å². The molecule has 2 heterocycles. The van der Waals surface area contributed by atoms with Crippen LogP contribution in [0.15, 0.2) is 65.3 Å². The fourth-order valence-corrected chi connectivity index (χ4v) is 11.2. The van der Waals surface area contributed by atoms with Gasteiger partial charge in [0.25, 0.3) is 0 Å². The van der Waals surface area contributed by atoms with Crippen LogP contribution in [0.1, 0.15) is 236 Å². The molecule has 0 atom stereocenters. The minimum absolute atomic E-state index is 0.0602. The maximum Gasteiger partial charge on any atom is 0.387 e. The topological polar surface area (TPSA) is 71.0 Å². The molecule has 0 aliphatic rings. The highest BCUT2D eigenvalue weighted by Crippen LogP contribution is 2.47. The number of hydrogen-bond acceptors (Lipinski definition) is 6. The molecule has 6 rings (SSSR count). The van der Waals surface area contributed by atoms with E-state index in [1.807, 2.05) is 0 Å². The van der Waals surface area contributed by atoms with Crippen LogP contribution >= 0.6 is 16.5 Å². The fourth-order valence-electron chi connectivity index (χ4n) is 8.95. The van der Waals surface area contributed by atoms with Gasteiger partial charge in [0.1, 0.15) is 22.3 Å². The molecule has 6 nitrogen and oxygen atoms in total. The zero-order chi connectivity index (χ0) is 52.5. The Balaban J connectivity index is 1.32. The average molecular weight is 995 g/mol. The Morgan fingerprint density at radius 1 is 0.286 bits per heavy atom. The Morgan fingerprint density at radius 3 is 0.657 bits per heavy atom. The Hall–Kier alpha value is -3.40. The molecule has 386 valence electrons. The van der Waals surface area contributed by atoms with E-state index in [-0.39, 0.29) is 43.3 Å². The number of rotatable bonds is 9. The lowest BCUT2D eigenvalue weighted by Gasteiger charge is -2.27. The first-order valence-corrected chi connectivity index (χ1v) is 28.3. The van der Waals surface area contributed by atoms with Crippen LogP contribution in [-0.2, 0) is 43.3 Å². The standard InChI is InChI=1S/C62H92O6P2/c1-55(2,3)39-31-43-44-32-40(56(4,5)6)36-48(60(16,17)18)52(44)66-69(65-51(43)47(35-39)59(13,14)15)63-29-27-25-26-28-30-64-70-67-53-45(33-41(57(7,8)9)37-49(53)61(19,20)21)46-34-42(58(10,11)12)38-50(54(46)68-70)62(22,23)24/h31-38H,25-30H2,1-24H3. The normalized spacial score (nSPS) is 13.9. The molecule has 4 aromatic carbocycles. The third-order valence-corrected chi connectivity index (χ3v) is 15.8. The zero-order valence-corrected chi connectivity index (χ0v) is 50.0. The summed E-state index contributed by atoms with van der Waals surface area (Å²) in [5.41, 5.74) is 12.3. The van der Waals surface area contributed by atoms with Gasteiger partial charge in [0.2, 0.25) is 0 Å². The molecular weight excluding hydrogens is 903 g/mol. The van der Waals surface area contributed by atoms with Crippen molar-refractivity contribution in [3.05, 3.63) is 93.0 Å². The van der Waals surface area contributed by atoms with Crippen LogP contribution in [0.5, 0.6) is 0 Å². The van der Waals surface area contributed by atoms with E-state index in [1.165, 1.54) is 44.5 Å².